The van der Waals surface area contributed by atoms with Crippen LogP contribution in [0.1, 0.15) is 25.0 Å². The standard InChI is InChI=1S/C14H20FNO2/c1-10-4-5-11(6-13(10)15)7-16-8-12-9-17-14(2,3)18-12/h4-6,12,16H,7-9H2,1-3H3. The Morgan fingerprint density at radius 3 is 2.83 bits per heavy atom. The van der Waals surface area contributed by atoms with Crippen LogP contribution in [0.2, 0.25) is 0 Å². The van der Waals surface area contributed by atoms with Gasteiger partial charge in [-0.1, -0.05) is 12.1 Å². The maximum Gasteiger partial charge on any atom is 0.163 e. The van der Waals surface area contributed by atoms with Crippen molar-refractivity contribution in [3.8, 4) is 0 Å². The van der Waals surface area contributed by atoms with Crippen molar-refractivity contribution >= 4 is 0 Å². The first-order valence-electron chi connectivity index (χ1n) is 6.24. The molecule has 0 aromatic heterocycles. The van der Waals surface area contributed by atoms with Crippen molar-refractivity contribution in [3.05, 3.63) is 35.1 Å². The number of halogens is 1. The monoisotopic (exact) mass is 253 g/mol. The van der Waals surface area contributed by atoms with E-state index in [1.54, 1.807) is 19.1 Å². The normalized spacial score (nSPS) is 22.3. The highest BCUT2D eigenvalue weighted by Crippen LogP contribution is 2.21. The molecule has 3 nitrogen and oxygen atoms in total. The summed E-state index contributed by atoms with van der Waals surface area (Å²) in [6.07, 6.45) is 0.0651. The van der Waals surface area contributed by atoms with E-state index in [-0.39, 0.29) is 11.9 Å². The first kappa shape index (κ1) is 13.5. The molecule has 4 heteroatoms. The molecule has 1 unspecified atom stereocenters. The molecule has 1 aromatic rings. The number of benzene rings is 1. The van der Waals surface area contributed by atoms with Gasteiger partial charge in [0.25, 0.3) is 0 Å². The average molecular weight is 253 g/mol. The maximum atomic E-state index is 13.3. The number of ether oxygens (including phenoxy) is 2. The minimum Gasteiger partial charge on any atom is -0.348 e. The van der Waals surface area contributed by atoms with Gasteiger partial charge in [-0.15, -0.1) is 0 Å². The van der Waals surface area contributed by atoms with Crippen LogP contribution in [0.5, 0.6) is 0 Å². The molecule has 1 aliphatic rings. The fourth-order valence-electron chi connectivity index (χ4n) is 1.99. The SMILES string of the molecule is Cc1ccc(CNCC2COC(C)(C)O2)cc1F. The molecule has 1 atom stereocenters. The number of rotatable bonds is 4. The molecule has 0 radical (unpaired) electrons. The number of hydrogen-bond donors (Lipinski definition) is 1. The van der Waals surface area contributed by atoms with Gasteiger partial charge in [0.05, 0.1) is 12.7 Å². The maximum absolute atomic E-state index is 13.3. The van der Waals surface area contributed by atoms with Gasteiger partial charge in [0.1, 0.15) is 5.82 Å². The number of hydrogen-bond acceptors (Lipinski definition) is 3. The predicted octanol–water partition coefficient (Wildman–Crippen LogP) is 2.38. The topological polar surface area (TPSA) is 30.5 Å². The van der Waals surface area contributed by atoms with E-state index in [1.165, 1.54) is 0 Å². The fourth-order valence-corrected chi connectivity index (χ4v) is 1.99. The molecular weight excluding hydrogens is 233 g/mol. The van der Waals surface area contributed by atoms with E-state index in [1.807, 2.05) is 19.9 Å². The van der Waals surface area contributed by atoms with Gasteiger partial charge < -0.3 is 14.8 Å². The van der Waals surface area contributed by atoms with E-state index >= 15 is 0 Å². The van der Waals surface area contributed by atoms with Gasteiger partial charge in [0, 0.05) is 13.1 Å². The summed E-state index contributed by atoms with van der Waals surface area (Å²) in [5, 5.41) is 3.26. The van der Waals surface area contributed by atoms with Crippen LogP contribution in [0.25, 0.3) is 0 Å². The molecule has 0 aliphatic carbocycles. The lowest BCUT2D eigenvalue weighted by Gasteiger charge is -2.17. The number of nitrogens with one attached hydrogen (secondary N) is 1. The van der Waals surface area contributed by atoms with Crippen molar-refractivity contribution in [2.24, 2.45) is 0 Å². The van der Waals surface area contributed by atoms with Crippen molar-refractivity contribution in [2.75, 3.05) is 13.2 Å². The van der Waals surface area contributed by atoms with Crippen LogP contribution in [-0.2, 0) is 16.0 Å². The summed E-state index contributed by atoms with van der Waals surface area (Å²) >= 11 is 0. The van der Waals surface area contributed by atoms with Crippen molar-refractivity contribution in [1.82, 2.24) is 5.32 Å². The largest absolute Gasteiger partial charge is 0.348 e. The molecule has 1 saturated heterocycles. The quantitative estimate of drug-likeness (QED) is 0.893. The third kappa shape index (κ3) is 3.51. The lowest BCUT2D eigenvalue weighted by molar-refractivity contribution is -0.137. The second-order valence-corrected chi connectivity index (χ2v) is 5.17. The van der Waals surface area contributed by atoms with Gasteiger partial charge in [-0.25, -0.2) is 4.39 Å². The van der Waals surface area contributed by atoms with E-state index < -0.39 is 5.79 Å². The second kappa shape index (κ2) is 5.34. The van der Waals surface area contributed by atoms with Gasteiger partial charge in [-0.3, -0.25) is 0 Å². The minimum atomic E-state index is -0.484. The molecule has 1 heterocycles. The molecule has 0 bridgehead atoms. The first-order valence-corrected chi connectivity index (χ1v) is 6.24. The first-order chi connectivity index (χ1) is 8.46. The Labute approximate surface area is 107 Å². The van der Waals surface area contributed by atoms with Crippen molar-refractivity contribution in [1.29, 1.82) is 0 Å². The molecule has 1 aliphatic heterocycles. The smallest absolute Gasteiger partial charge is 0.163 e. The molecule has 18 heavy (non-hydrogen) atoms. The van der Waals surface area contributed by atoms with Crippen LogP contribution >= 0.6 is 0 Å². The lowest BCUT2D eigenvalue weighted by atomic mass is 10.1. The van der Waals surface area contributed by atoms with Crippen LogP contribution in [0.3, 0.4) is 0 Å². The van der Waals surface area contributed by atoms with Crippen LogP contribution < -0.4 is 5.32 Å². The molecule has 0 saturated carbocycles. The fraction of sp³-hybridized carbons (Fsp3) is 0.571. The third-order valence-electron chi connectivity index (χ3n) is 3.00. The number of aryl methyl sites for hydroxylation is 1. The van der Waals surface area contributed by atoms with E-state index in [0.29, 0.717) is 25.3 Å². The lowest BCUT2D eigenvalue weighted by Crippen LogP contribution is -2.30. The van der Waals surface area contributed by atoms with Crippen LogP contribution in [0.15, 0.2) is 18.2 Å². The van der Waals surface area contributed by atoms with Gasteiger partial charge >= 0.3 is 0 Å². The highest BCUT2D eigenvalue weighted by Gasteiger charge is 2.32. The molecule has 1 fully saturated rings. The highest BCUT2D eigenvalue weighted by atomic mass is 19.1. The Bertz CT molecular complexity index is 420. The Morgan fingerprint density at radius 1 is 1.44 bits per heavy atom. The molecule has 100 valence electrons. The minimum absolute atomic E-state index is 0.0651. The summed E-state index contributed by atoms with van der Waals surface area (Å²) < 4.78 is 24.5. The molecule has 1 aromatic carbocycles. The molecule has 2 rings (SSSR count). The van der Waals surface area contributed by atoms with E-state index in [0.717, 1.165) is 5.56 Å². The molecular formula is C14H20FNO2. The predicted molar refractivity (Wildman–Crippen MR) is 67.7 cm³/mol. The Balaban J connectivity index is 1.77. The Kier molecular flexibility index (Phi) is 4.00. The van der Waals surface area contributed by atoms with Crippen LogP contribution in [-0.4, -0.2) is 25.0 Å². The second-order valence-electron chi connectivity index (χ2n) is 5.17. The van der Waals surface area contributed by atoms with Crippen molar-refractivity contribution in [2.45, 2.75) is 39.2 Å². The molecule has 0 amide bonds. The van der Waals surface area contributed by atoms with Gasteiger partial charge in [-0.2, -0.15) is 0 Å². The van der Waals surface area contributed by atoms with E-state index in [9.17, 15) is 4.39 Å². The average Bonchev–Trinajstić information content (AvgIpc) is 2.63. The molecule has 1 N–H and O–H groups in total. The summed E-state index contributed by atoms with van der Waals surface area (Å²) in [7, 11) is 0. The summed E-state index contributed by atoms with van der Waals surface area (Å²) in [6, 6.07) is 5.30. The van der Waals surface area contributed by atoms with E-state index in [4.69, 9.17) is 9.47 Å². The molecule has 0 spiro atoms. The summed E-state index contributed by atoms with van der Waals surface area (Å²) in [6.45, 7) is 7.52. The van der Waals surface area contributed by atoms with Crippen molar-refractivity contribution in [3.63, 3.8) is 0 Å². The zero-order valence-electron chi connectivity index (χ0n) is 11.1. The van der Waals surface area contributed by atoms with Crippen LogP contribution in [0, 0.1) is 12.7 Å². The summed E-state index contributed by atoms with van der Waals surface area (Å²) in [5.74, 6) is -0.640. The highest BCUT2D eigenvalue weighted by molar-refractivity contribution is 5.23. The zero-order valence-corrected chi connectivity index (χ0v) is 11.1. The van der Waals surface area contributed by atoms with Crippen LogP contribution in [0.4, 0.5) is 4.39 Å². The zero-order chi connectivity index (χ0) is 13.2. The van der Waals surface area contributed by atoms with Gasteiger partial charge in [-0.05, 0) is 38.0 Å². The Morgan fingerprint density at radius 2 is 2.22 bits per heavy atom. The summed E-state index contributed by atoms with van der Waals surface area (Å²) in [5.41, 5.74) is 1.62. The summed E-state index contributed by atoms with van der Waals surface area (Å²) in [4.78, 5) is 0. The van der Waals surface area contributed by atoms with Crippen molar-refractivity contribution < 1.29 is 13.9 Å². The third-order valence-corrected chi connectivity index (χ3v) is 3.00. The van der Waals surface area contributed by atoms with E-state index in [2.05, 4.69) is 5.32 Å². The Hall–Kier alpha value is -0.970. The van der Waals surface area contributed by atoms with Gasteiger partial charge in [0.15, 0.2) is 5.79 Å². The van der Waals surface area contributed by atoms with Gasteiger partial charge in [0.2, 0.25) is 0 Å².